The van der Waals surface area contributed by atoms with Crippen LogP contribution in [0.25, 0.3) is 0 Å². The Bertz CT molecular complexity index is 357. The molecule has 0 heterocycles. The smallest absolute Gasteiger partial charge is 0.218 e. The number of primary amides is 1. The molecule has 0 bridgehead atoms. The van der Waals surface area contributed by atoms with Crippen LogP contribution in [-0.4, -0.2) is 12.5 Å². The van der Waals surface area contributed by atoms with Crippen LogP contribution in [-0.2, 0) is 4.79 Å². The van der Waals surface area contributed by atoms with E-state index in [1.165, 1.54) is 0 Å². The van der Waals surface area contributed by atoms with E-state index in [2.05, 4.69) is 13.8 Å². The molecule has 0 aliphatic rings. The second-order valence-corrected chi connectivity index (χ2v) is 4.52. The zero-order valence-corrected chi connectivity index (χ0v) is 10.8. The monoisotopic (exact) mass is 235 g/mol. The molecule has 1 atom stereocenters. The van der Waals surface area contributed by atoms with Gasteiger partial charge < -0.3 is 10.5 Å². The van der Waals surface area contributed by atoms with Crippen LogP contribution in [0, 0.1) is 5.92 Å². The highest BCUT2D eigenvalue weighted by Gasteiger charge is 2.18. The van der Waals surface area contributed by atoms with Crippen molar-refractivity contribution < 1.29 is 9.53 Å². The molecular formula is C14H21NO2. The van der Waals surface area contributed by atoms with Crippen LogP contribution in [0.5, 0.6) is 5.75 Å². The molecule has 0 aromatic heterocycles. The average Bonchev–Trinajstić information content (AvgIpc) is 2.27. The zero-order chi connectivity index (χ0) is 12.8. The quantitative estimate of drug-likeness (QED) is 0.824. The Hall–Kier alpha value is -1.51. The molecule has 1 amide bonds. The summed E-state index contributed by atoms with van der Waals surface area (Å²) >= 11 is 0. The number of ether oxygens (including phenoxy) is 1. The lowest BCUT2D eigenvalue weighted by molar-refractivity contribution is -0.118. The number of carbonyl (C=O) groups is 1. The van der Waals surface area contributed by atoms with E-state index in [0.29, 0.717) is 18.9 Å². The molecule has 1 aromatic rings. The third-order valence-corrected chi connectivity index (χ3v) is 2.85. The van der Waals surface area contributed by atoms with Crippen molar-refractivity contribution in [3.05, 3.63) is 29.8 Å². The fraction of sp³-hybridized carbons (Fsp3) is 0.500. The van der Waals surface area contributed by atoms with Crippen molar-refractivity contribution in [3.8, 4) is 5.75 Å². The van der Waals surface area contributed by atoms with E-state index in [1.807, 2.05) is 31.2 Å². The Labute approximate surface area is 103 Å². The number of carbonyl (C=O) groups excluding carboxylic acids is 1. The van der Waals surface area contributed by atoms with Gasteiger partial charge >= 0.3 is 0 Å². The van der Waals surface area contributed by atoms with Gasteiger partial charge in [0.05, 0.1) is 6.61 Å². The van der Waals surface area contributed by atoms with Gasteiger partial charge in [-0.25, -0.2) is 0 Å². The topological polar surface area (TPSA) is 52.3 Å². The van der Waals surface area contributed by atoms with E-state index in [-0.39, 0.29) is 11.8 Å². The third-order valence-electron chi connectivity index (χ3n) is 2.85. The Balaban J connectivity index is 2.83. The van der Waals surface area contributed by atoms with E-state index < -0.39 is 0 Å². The molecule has 0 fully saturated rings. The molecule has 0 spiro atoms. The largest absolute Gasteiger partial charge is 0.494 e. The molecule has 94 valence electrons. The Morgan fingerprint density at radius 1 is 1.29 bits per heavy atom. The molecule has 1 rings (SSSR count). The summed E-state index contributed by atoms with van der Waals surface area (Å²) in [5.41, 5.74) is 6.42. The Kier molecular flexibility index (Phi) is 5.01. The van der Waals surface area contributed by atoms with E-state index in [0.717, 1.165) is 11.3 Å². The number of rotatable bonds is 6. The average molecular weight is 235 g/mol. The molecule has 3 nitrogen and oxygen atoms in total. The number of amides is 1. The van der Waals surface area contributed by atoms with Gasteiger partial charge in [0.25, 0.3) is 0 Å². The van der Waals surface area contributed by atoms with E-state index in [9.17, 15) is 4.79 Å². The van der Waals surface area contributed by atoms with Crippen molar-refractivity contribution in [2.24, 2.45) is 11.7 Å². The summed E-state index contributed by atoms with van der Waals surface area (Å²) in [5.74, 6) is 1.18. The normalized spacial score (nSPS) is 12.5. The number of benzene rings is 1. The first kappa shape index (κ1) is 13.6. The van der Waals surface area contributed by atoms with Gasteiger partial charge in [-0.1, -0.05) is 26.0 Å². The van der Waals surface area contributed by atoms with Crippen molar-refractivity contribution in [2.45, 2.75) is 33.1 Å². The maximum Gasteiger partial charge on any atom is 0.218 e. The number of hydrogen-bond acceptors (Lipinski definition) is 2. The summed E-state index contributed by atoms with van der Waals surface area (Å²) in [7, 11) is 0. The molecule has 0 aliphatic heterocycles. The summed E-state index contributed by atoms with van der Waals surface area (Å²) in [6.07, 6.45) is 0.394. The minimum absolute atomic E-state index is 0.183. The van der Waals surface area contributed by atoms with Crippen molar-refractivity contribution >= 4 is 5.91 Å². The molecule has 1 aromatic carbocycles. The van der Waals surface area contributed by atoms with Gasteiger partial charge in [-0.05, 0) is 36.5 Å². The summed E-state index contributed by atoms with van der Waals surface area (Å²) in [6.45, 7) is 6.82. The summed E-state index contributed by atoms with van der Waals surface area (Å²) in [5, 5.41) is 0. The number of hydrogen-bond donors (Lipinski definition) is 1. The Morgan fingerprint density at radius 3 is 2.29 bits per heavy atom. The van der Waals surface area contributed by atoms with Crippen LogP contribution in [0.1, 0.15) is 38.7 Å². The second kappa shape index (κ2) is 6.28. The van der Waals surface area contributed by atoms with Gasteiger partial charge in [-0.2, -0.15) is 0 Å². The predicted octanol–water partition coefficient (Wildman–Crippen LogP) is 2.70. The van der Waals surface area contributed by atoms with Crippen LogP contribution in [0.3, 0.4) is 0 Å². The molecule has 0 aliphatic carbocycles. The minimum Gasteiger partial charge on any atom is -0.494 e. The maximum absolute atomic E-state index is 11.1. The first-order valence-corrected chi connectivity index (χ1v) is 6.05. The van der Waals surface area contributed by atoms with Crippen molar-refractivity contribution in [2.75, 3.05) is 6.61 Å². The van der Waals surface area contributed by atoms with Gasteiger partial charge in [0, 0.05) is 6.42 Å². The van der Waals surface area contributed by atoms with Crippen molar-refractivity contribution in [3.63, 3.8) is 0 Å². The standard InChI is InChI=1S/C14H21NO2/c1-4-17-12-7-5-11(6-8-12)13(10(2)3)9-14(15)16/h5-8,10,13H,4,9H2,1-3H3,(H2,15,16). The van der Waals surface area contributed by atoms with Crippen LogP contribution < -0.4 is 10.5 Å². The second-order valence-electron chi connectivity index (χ2n) is 4.52. The first-order chi connectivity index (χ1) is 8.04. The lowest BCUT2D eigenvalue weighted by Crippen LogP contribution is -2.18. The molecule has 17 heavy (non-hydrogen) atoms. The van der Waals surface area contributed by atoms with Gasteiger partial charge in [-0.15, -0.1) is 0 Å². The van der Waals surface area contributed by atoms with Crippen LogP contribution >= 0.6 is 0 Å². The molecule has 0 saturated heterocycles. The van der Waals surface area contributed by atoms with Crippen molar-refractivity contribution in [1.29, 1.82) is 0 Å². The fourth-order valence-corrected chi connectivity index (χ4v) is 1.93. The van der Waals surface area contributed by atoms with Gasteiger partial charge in [0.2, 0.25) is 5.91 Å². The van der Waals surface area contributed by atoms with Crippen LogP contribution in [0.4, 0.5) is 0 Å². The molecule has 1 unspecified atom stereocenters. The molecule has 2 N–H and O–H groups in total. The Morgan fingerprint density at radius 2 is 1.88 bits per heavy atom. The van der Waals surface area contributed by atoms with Gasteiger partial charge in [0.15, 0.2) is 0 Å². The van der Waals surface area contributed by atoms with Crippen LogP contribution in [0.15, 0.2) is 24.3 Å². The lowest BCUT2D eigenvalue weighted by atomic mass is 9.85. The van der Waals surface area contributed by atoms with E-state index in [4.69, 9.17) is 10.5 Å². The molecular weight excluding hydrogens is 214 g/mol. The van der Waals surface area contributed by atoms with Crippen molar-refractivity contribution in [1.82, 2.24) is 0 Å². The highest BCUT2D eigenvalue weighted by atomic mass is 16.5. The highest BCUT2D eigenvalue weighted by molar-refractivity contribution is 5.74. The number of nitrogens with two attached hydrogens (primary N) is 1. The molecule has 0 saturated carbocycles. The third kappa shape index (κ3) is 4.10. The van der Waals surface area contributed by atoms with Crippen LogP contribution in [0.2, 0.25) is 0 Å². The zero-order valence-electron chi connectivity index (χ0n) is 10.8. The minimum atomic E-state index is -0.252. The maximum atomic E-state index is 11.1. The molecule has 0 radical (unpaired) electrons. The highest BCUT2D eigenvalue weighted by Crippen LogP contribution is 2.28. The van der Waals surface area contributed by atoms with Gasteiger partial charge in [0.1, 0.15) is 5.75 Å². The summed E-state index contributed by atoms with van der Waals surface area (Å²) in [6, 6.07) is 7.90. The lowest BCUT2D eigenvalue weighted by Gasteiger charge is -2.20. The first-order valence-electron chi connectivity index (χ1n) is 6.05. The summed E-state index contributed by atoms with van der Waals surface area (Å²) < 4.78 is 5.39. The summed E-state index contributed by atoms with van der Waals surface area (Å²) in [4.78, 5) is 11.1. The van der Waals surface area contributed by atoms with Gasteiger partial charge in [-0.3, -0.25) is 4.79 Å². The van der Waals surface area contributed by atoms with E-state index in [1.54, 1.807) is 0 Å². The SMILES string of the molecule is CCOc1ccc(C(CC(N)=O)C(C)C)cc1. The molecule has 3 heteroatoms. The fourth-order valence-electron chi connectivity index (χ4n) is 1.93. The van der Waals surface area contributed by atoms with E-state index >= 15 is 0 Å². The predicted molar refractivity (Wildman–Crippen MR) is 69.0 cm³/mol.